The maximum Gasteiger partial charge on any atom is 0.354 e. The second kappa shape index (κ2) is 6.59. The Hall–Kier alpha value is -1.95. The maximum atomic E-state index is 11.7. The van der Waals surface area contributed by atoms with Gasteiger partial charge in [-0.2, -0.15) is 0 Å². The van der Waals surface area contributed by atoms with Crippen molar-refractivity contribution in [2.75, 3.05) is 14.1 Å². The Kier molecular flexibility index (Phi) is 5.09. The number of hydrogen-bond acceptors (Lipinski definition) is 5. The molecule has 0 unspecified atom stereocenters. The molecule has 6 nitrogen and oxygen atoms in total. The van der Waals surface area contributed by atoms with E-state index >= 15 is 0 Å². The summed E-state index contributed by atoms with van der Waals surface area (Å²) in [5, 5.41) is 5.93. The van der Waals surface area contributed by atoms with Crippen LogP contribution in [0.2, 0.25) is 0 Å². The molecular formula is C11H16N4O2. The summed E-state index contributed by atoms with van der Waals surface area (Å²) in [6.45, 7) is 0. The molecule has 6 heteroatoms. The molecule has 92 valence electrons. The van der Waals surface area contributed by atoms with E-state index in [0.29, 0.717) is 6.42 Å². The van der Waals surface area contributed by atoms with Crippen LogP contribution in [-0.4, -0.2) is 31.0 Å². The third kappa shape index (κ3) is 4.20. The third-order valence-electron chi connectivity index (χ3n) is 2.35. The topological polar surface area (TPSA) is 80.3 Å². The van der Waals surface area contributed by atoms with Gasteiger partial charge in [0.05, 0.1) is 5.28 Å². The zero-order chi connectivity index (χ0) is 12.7. The molecule has 0 aliphatic carbocycles. The summed E-state index contributed by atoms with van der Waals surface area (Å²) in [4.78, 5) is 18.0. The summed E-state index contributed by atoms with van der Waals surface area (Å²) < 4.78 is 0. The first-order valence-electron chi connectivity index (χ1n) is 5.16. The van der Waals surface area contributed by atoms with E-state index in [1.807, 2.05) is 30.3 Å². The van der Waals surface area contributed by atoms with Crippen LogP contribution in [0.1, 0.15) is 5.56 Å². The first kappa shape index (κ1) is 13.1. The minimum absolute atomic E-state index is 0.414. The van der Waals surface area contributed by atoms with E-state index in [2.05, 4.69) is 15.3 Å². The van der Waals surface area contributed by atoms with E-state index in [9.17, 15) is 4.79 Å². The molecule has 17 heavy (non-hydrogen) atoms. The van der Waals surface area contributed by atoms with Crippen LogP contribution < -0.4 is 5.84 Å². The van der Waals surface area contributed by atoms with Crippen LogP contribution in [0, 0.1) is 0 Å². The third-order valence-corrected chi connectivity index (χ3v) is 2.35. The molecular weight excluding hydrogens is 220 g/mol. The Labute approximate surface area is 100 Å². The molecule has 0 aliphatic heterocycles. The minimum atomic E-state index is -0.479. The fourth-order valence-electron chi connectivity index (χ4n) is 1.44. The van der Waals surface area contributed by atoms with E-state index < -0.39 is 12.0 Å². The van der Waals surface area contributed by atoms with E-state index in [-0.39, 0.29) is 0 Å². The van der Waals surface area contributed by atoms with Crippen LogP contribution in [0.15, 0.2) is 40.8 Å². The first-order chi connectivity index (χ1) is 8.15. The first-order valence-corrected chi connectivity index (χ1v) is 5.16. The van der Waals surface area contributed by atoms with Crippen LogP contribution in [-0.2, 0) is 16.1 Å². The highest BCUT2D eigenvalue weighted by molar-refractivity contribution is 5.75. The second-order valence-corrected chi connectivity index (χ2v) is 3.78. The van der Waals surface area contributed by atoms with Crippen LogP contribution >= 0.6 is 0 Å². The Morgan fingerprint density at radius 2 is 2.06 bits per heavy atom. The van der Waals surface area contributed by atoms with Crippen molar-refractivity contribution in [1.82, 2.24) is 4.90 Å². The van der Waals surface area contributed by atoms with Crippen molar-refractivity contribution >= 4 is 5.97 Å². The van der Waals surface area contributed by atoms with Crippen LogP contribution in [0.25, 0.3) is 0 Å². The summed E-state index contributed by atoms with van der Waals surface area (Å²) >= 11 is 0. The average Bonchev–Trinajstić information content (AvgIpc) is 2.34. The summed E-state index contributed by atoms with van der Waals surface area (Å²) in [6, 6.07) is 9.26. The number of nitrogens with zero attached hydrogens (tertiary/aromatic N) is 3. The molecule has 0 bridgehead atoms. The second-order valence-electron chi connectivity index (χ2n) is 3.78. The normalized spacial score (nSPS) is 12.9. The lowest BCUT2D eigenvalue weighted by atomic mass is 10.1. The van der Waals surface area contributed by atoms with Crippen LogP contribution in [0.4, 0.5) is 0 Å². The largest absolute Gasteiger partial charge is 0.354 e. The van der Waals surface area contributed by atoms with Gasteiger partial charge in [0.15, 0.2) is 0 Å². The molecule has 1 aromatic rings. The molecule has 0 radical (unpaired) electrons. The minimum Gasteiger partial charge on any atom is -0.302 e. The van der Waals surface area contributed by atoms with Gasteiger partial charge >= 0.3 is 5.97 Å². The molecule has 0 aliphatic rings. The fraction of sp³-hybridized carbons (Fsp3) is 0.364. The molecule has 0 fully saturated rings. The molecule has 0 saturated heterocycles. The predicted molar refractivity (Wildman–Crippen MR) is 62.8 cm³/mol. The quantitative estimate of drug-likeness (QED) is 0.469. The number of likely N-dealkylation sites (N-methyl/N-ethyl adjacent to an activating group) is 1. The highest BCUT2D eigenvalue weighted by Gasteiger charge is 2.23. The number of nitrogens with two attached hydrogens (primary N) is 1. The van der Waals surface area contributed by atoms with Crippen molar-refractivity contribution < 1.29 is 9.63 Å². The molecule has 0 saturated carbocycles. The number of rotatable bonds is 5. The molecule has 1 atom stereocenters. The van der Waals surface area contributed by atoms with Gasteiger partial charge in [0.2, 0.25) is 0 Å². The van der Waals surface area contributed by atoms with Gasteiger partial charge in [-0.25, -0.2) is 4.79 Å². The lowest BCUT2D eigenvalue weighted by Gasteiger charge is -2.20. The summed E-state index contributed by atoms with van der Waals surface area (Å²) in [7, 11) is 3.60. The van der Waals surface area contributed by atoms with Crippen molar-refractivity contribution in [2.45, 2.75) is 12.5 Å². The smallest absolute Gasteiger partial charge is 0.302 e. The number of carbonyl (C=O) groups is 1. The zero-order valence-electron chi connectivity index (χ0n) is 9.91. The highest BCUT2D eigenvalue weighted by Crippen LogP contribution is 2.08. The van der Waals surface area contributed by atoms with Gasteiger partial charge in [-0.1, -0.05) is 30.3 Å². The molecule has 0 spiro atoms. The molecule has 0 heterocycles. The van der Waals surface area contributed by atoms with Gasteiger partial charge in [-0.05, 0) is 31.3 Å². The van der Waals surface area contributed by atoms with Gasteiger partial charge in [-0.3, -0.25) is 9.74 Å². The number of hydrogen-bond donors (Lipinski definition) is 1. The van der Waals surface area contributed by atoms with Gasteiger partial charge in [0.25, 0.3) is 0 Å². The van der Waals surface area contributed by atoms with E-state index in [0.717, 1.165) is 5.56 Å². The zero-order valence-corrected chi connectivity index (χ0v) is 9.91. The Morgan fingerprint density at radius 3 is 2.59 bits per heavy atom. The van der Waals surface area contributed by atoms with Crippen molar-refractivity contribution in [3.05, 3.63) is 35.9 Å². The van der Waals surface area contributed by atoms with Gasteiger partial charge in [0.1, 0.15) is 6.04 Å². The summed E-state index contributed by atoms with van der Waals surface area (Å²) in [6.07, 6.45) is 0.548. The van der Waals surface area contributed by atoms with Crippen molar-refractivity contribution in [1.29, 1.82) is 0 Å². The van der Waals surface area contributed by atoms with Crippen molar-refractivity contribution in [3.63, 3.8) is 0 Å². The fourth-order valence-corrected chi connectivity index (χ4v) is 1.44. The standard InChI is InChI=1S/C11H16N4O2/c1-15(2)10(11(16)17-14-13-12)8-9-6-4-3-5-7-9/h3-7,10H,8H2,1-2H3,(H2,12,14)/t10-/m0/s1. The maximum absolute atomic E-state index is 11.7. The van der Waals surface area contributed by atoms with E-state index in [1.165, 1.54) is 0 Å². The van der Waals surface area contributed by atoms with Crippen LogP contribution in [0.3, 0.4) is 0 Å². The van der Waals surface area contributed by atoms with E-state index in [4.69, 9.17) is 5.84 Å². The average molecular weight is 236 g/mol. The molecule has 0 amide bonds. The lowest BCUT2D eigenvalue weighted by Crippen LogP contribution is -2.38. The van der Waals surface area contributed by atoms with Crippen molar-refractivity contribution in [2.24, 2.45) is 16.3 Å². The van der Waals surface area contributed by atoms with Gasteiger partial charge in [0, 0.05) is 0 Å². The number of carbonyl (C=O) groups excluding carboxylic acids is 1. The molecule has 0 aromatic heterocycles. The summed E-state index contributed by atoms with van der Waals surface area (Å²) in [5.41, 5.74) is 1.05. The molecule has 2 N–H and O–H groups in total. The predicted octanol–water partition coefficient (Wildman–Crippen LogP) is 0.943. The Balaban J connectivity index is 2.70. The Bertz CT molecular complexity index is 378. The van der Waals surface area contributed by atoms with Gasteiger partial charge in [-0.15, -0.1) is 0 Å². The molecule has 1 rings (SSSR count). The monoisotopic (exact) mass is 236 g/mol. The van der Waals surface area contributed by atoms with Crippen molar-refractivity contribution in [3.8, 4) is 0 Å². The van der Waals surface area contributed by atoms with Gasteiger partial charge < -0.3 is 5.84 Å². The van der Waals surface area contributed by atoms with E-state index in [1.54, 1.807) is 19.0 Å². The number of benzene rings is 1. The highest BCUT2D eigenvalue weighted by atomic mass is 16.7. The Morgan fingerprint density at radius 1 is 1.41 bits per heavy atom. The summed E-state index contributed by atoms with van der Waals surface area (Å²) in [5.74, 6) is 4.29. The lowest BCUT2D eigenvalue weighted by molar-refractivity contribution is -0.150. The van der Waals surface area contributed by atoms with Crippen LogP contribution in [0.5, 0.6) is 0 Å². The molecule has 1 aromatic carbocycles. The SMILES string of the molecule is CN(C)[C@@H](Cc1ccccc1)C(=O)ON=NN.